The summed E-state index contributed by atoms with van der Waals surface area (Å²) in [6, 6.07) is 10.6. The van der Waals surface area contributed by atoms with Gasteiger partial charge < -0.3 is 4.74 Å². The van der Waals surface area contributed by atoms with E-state index in [4.69, 9.17) is 4.74 Å². The van der Waals surface area contributed by atoms with Crippen LogP contribution in [-0.4, -0.2) is 11.6 Å². The first-order valence-electron chi connectivity index (χ1n) is 9.88. The first-order valence-corrected chi connectivity index (χ1v) is 10.7. The predicted octanol–water partition coefficient (Wildman–Crippen LogP) is 6.67. The third-order valence-corrected chi connectivity index (χ3v) is 5.63. The van der Waals surface area contributed by atoms with Gasteiger partial charge in [0.05, 0.1) is 15.8 Å². The van der Waals surface area contributed by atoms with Crippen molar-refractivity contribution in [2.45, 2.75) is 13.5 Å². The average molecular weight is 555 g/mol. The highest BCUT2D eigenvalue weighted by molar-refractivity contribution is 9.10. The standard InChI is InChI=1S/C24H13BrF6N2O2/c1-11-15(24(34)33(32-11)23-21(30)19(28)18(27)20(29)22(23)31)8-12-5-6-17(16(25)9-12)35-10-13-3-2-4-14(26)7-13/h2-9H,10H2,1H3/b15-8+. The number of hydrogen-bond donors (Lipinski definition) is 0. The number of amides is 1. The van der Waals surface area contributed by atoms with Crippen molar-refractivity contribution in [1.82, 2.24) is 0 Å². The molecular weight excluding hydrogens is 542 g/mol. The topological polar surface area (TPSA) is 41.9 Å². The highest BCUT2D eigenvalue weighted by atomic mass is 79.9. The maximum absolute atomic E-state index is 14.2. The summed E-state index contributed by atoms with van der Waals surface area (Å²) in [5.41, 5.74) is -0.515. The Balaban J connectivity index is 1.59. The molecule has 0 saturated heterocycles. The highest BCUT2D eigenvalue weighted by Crippen LogP contribution is 2.34. The Morgan fingerprint density at radius 3 is 2.23 bits per heavy atom. The number of benzene rings is 3. The van der Waals surface area contributed by atoms with Gasteiger partial charge in [0, 0.05) is 0 Å². The second-order valence-corrected chi connectivity index (χ2v) is 8.24. The summed E-state index contributed by atoms with van der Waals surface area (Å²) in [5.74, 6) is -12.1. The fourth-order valence-electron chi connectivity index (χ4n) is 3.29. The normalized spacial score (nSPS) is 14.6. The molecule has 0 bridgehead atoms. The molecule has 1 amide bonds. The number of anilines is 1. The van der Waals surface area contributed by atoms with Gasteiger partial charge in [-0.05, 0) is 64.3 Å². The van der Waals surface area contributed by atoms with Crippen LogP contribution in [0.2, 0.25) is 0 Å². The summed E-state index contributed by atoms with van der Waals surface area (Å²) in [5, 5.41) is 3.83. The third-order valence-electron chi connectivity index (χ3n) is 5.01. The molecule has 0 saturated carbocycles. The van der Waals surface area contributed by atoms with E-state index in [1.807, 2.05) is 0 Å². The van der Waals surface area contributed by atoms with E-state index in [1.54, 1.807) is 30.3 Å². The van der Waals surface area contributed by atoms with Crippen molar-refractivity contribution in [1.29, 1.82) is 0 Å². The molecule has 0 fully saturated rings. The van der Waals surface area contributed by atoms with Gasteiger partial charge in [0.15, 0.2) is 23.3 Å². The van der Waals surface area contributed by atoms with Gasteiger partial charge in [-0.3, -0.25) is 4.79 Å². The monoisotopic (exact) mass is 554 g/mol. The zero-order valence-electron chi connectivity index (χ0n) is 17.7. The molecule has 1 aliphatic heterocycles. The molecule has 4 nitrogen and oxygen atoms in total. The van der Waals surface area contributed by atoms with Crippen molar-refractivity contribution in [3.63, 3.8) is 0 Å². The van der Waals surface area contributed by atoms with Crippen LogP contribution in [0.1, 0.15) is 18.1 Å². The number of ether oxygens (including phenoxy) is 1. The first kappa shape index (κ1) is 24.5. The van der Waals surface area contributed by atoms with Crippen LogP contribution in [0.5, 0.6) is 5.75 Å². The van der Waals surface area contributed by atoms with Crippen LogP contribution in [0, 0.1) is 34.9 Å². The molecule has 0 aromatic heterocycles. The van der Waals surface area contributed by atoms with Gasteiger partial charge >= 0.3 is 0 Å². The van der Waals surface area contributed by atoms with Crippen LogP contribution < -0.4 is 9.75 Å². The molecule has 3 aromatic carbocycles. The summed E-state index contributed by atoms with van der Waals surface area (Å²) in [6.45, 7) is 1.44. The molecule has 0 N–H and O–H groups in total. The van der Waals surface area contributed by atoms with E-state index in [0.717, 1.165) is 0 Å². The molecule has 35 heavy (non-hydrogen) atoms. The van der Waals surface area contributed by atoms with Crippen LogP contribution in [0.3, 0.4) is 0 Å². The molecule has 1 heterocycles. The van der Waals surface area contributed by atoms with Crippen molar-refractivity contribution in [3.8, 4) is 5.75 Å². The van der Waals surface area contributed by atoms with Gasteiger partial charge in [-0.25, -0.2) is 26.3 Å². The maximum Gasteiger partial charge on any atom is 0.280 e. The van der Waals surface area contributed by atoms with Crippen molar-refractivity contribution in [2.24, 2.45) is 5.10 Å². The first-order chi connectivity index (χ1) is 16.6. The molecule has 0 unspecified atom stereocenters. The van der Waals surface area contributed by atoms with Crippen LogP contribution in [0.4, 0.5) is 32.0 Å². The van der Waals surface area contributed by atoms with E-state index in [0.29, 0.717) is 21.3 Å². The fourth-order valence-corrected chi connectivity index (χ4v) is 3.80. The van der Waals surface area contributed by atoms with Gasteiger partial charge in [-0.1, -0.05) is 18.2 Å². The fraction of sp³-hybridized carbons (Fsp3) is 0.0833. The number of hydrazone groups is 1. The molecule has 180 valence electrons. The largest absolute Gasteiger partial charge is 0.488 e. The molecule has 3 aromatic rings. The number of rotatable bonds is 5. The number of carbonyl (C=O) groups excluding carboxylic acids is 1. The lowest BCUT2D eigenvalue weighted by Crippen LogP contribution is -2.25. The molecular formula is C24H13BrF6N2O2. The lowest BCUT2D eigenvalue weighted by molar-refractivity contribution is -0.114. The van der Waals surface area contributed by atoms with Crippen molar-refractivity contribution in [2.75, 3.05) is 5.01 Å². The lowest BCUT2D eigenvalue weighted by atomic mass is 10.1. The molecule has 0 aliphatic carbocycles. The molecule has 0 atom stereocenters. The smallest absolute Gasteiger partial charge is 0.280 e. The second-order valence-electron chi connectivity index (χ2n) is 7.39. The summed E-state index contributed by atoms with van der Waals surface area (Å²) >= 11 is 3.33. The summed E-state index contributed by atoms with van der Waals surface area (Å²) in [6.07, 6.45) is 1.34. The van der Waals surface area contributed by atoms with Gasteiger partial charge in [0.25, 0.3) is 5.91 Å². The van der Waals surface area contributed by atoms with Crippen LogP contribution in [-0.2, 0) is 11.4 Å². The highest BCUT2D eigenvalue weighted by Gasteiger charge is 2.37. The Bertz CT molecular complexity index is 1390. The van der Waals surface area contributed by atoms with E-state index < -0.39 is 46.5 Å². The number of nitrogens with zero attached hydrogens (tertiary/aromatic N) is 2. The zero-order valence-corrected chi connectivity index (χ0v) is 19.3. The van der Waals surface area contributed by atoms with Crippen LogP contribution in [0.25, 0.3) is 6.08 Å². The van der Waals surface area contributed by atoms with Gasteiger partial charge in [0.1, 0.15) is 23.9 Å². The van der Waals surface area contributed by atoms with E-state index in [1.165, 1.54) is 25.1 Å². The van der Waals surface area contributed by atoms with Crippen molar-refractivity contribution < 1.29 is 35.9 Å². The maximum atomic E-state index is 14.2. The summed E-state index contributed by atoms with van der Waals surface area (Å²) in [7, 11) is 0. The molecule has 4 rings (SSSR count). The SMILES string of the molecule is CC1=NN(c2c(F)c(F)c(F)c(F)c2F)C(=O)/C1=C/c1ccc(OCc2cccc(F)c2)c(Br)c1. The predicted molar refractivity (Wildman–Crippen MR) is 120 cm³/mol. The molecule has 0 radical (unpaired) electrons. The lowest BCUT2D eigenvalue weighted by Gasteiger charge is -2.15. The van der Waals surface area contributed by atoms with E-state index >= 15 is 0 Å². The van der Waals surface area contributed by atoms with Gasteiger partial charge in [0.2, 0.25) is 5.82 Å². The second kappa shape index (κ2) is 9.57. The summed E-state index contributed by atoms with van der Waals surface area (Å²) < 4.78 is 88.4. The summed E-state index contributed by atoms with van der Waals surface area (Å²) in [4.78, 5) is 12.8. The minimum atomic E-state index is -2.34. The van der Waals surface area contributed by atoms with E-state index in [-0.39, 0.29) is 22.9 Å². The number of halogens is 7. The zero-order chi connectivity index (χ0) is 25.4. The Morgan fingerprint density at radius 1 is 0.943 bits per heavy atom. The Labute approximate surface area is 203 Å². The van der Waals surface area contributed by atoms with Gasteiger partial charge in [-0.15, -0.1) is 0 Å². The quantitative estimate of drug-likeness (QED) is 0.153. The minimum absolute atomic E-state index is 0.00138. The number of carbonyl (C=O) groups is 1. The van der Waals surface area contributed by atoms with Crippen LogP contribution in [0.15, 0.2) is 57.6 Å². The van der Waals surface area contributed by atoms with Gasteiger partial charge in [-0.2, -0.15) is 10.1 Å². The molecule has 0 spiro atoms. The Hall–Kier alpha value is -3.60. The van der Waals surface area contributed by atoms with Crippen LogP contribution >= 0.6 is 15.9 Å². The van der Waals surface area contributed by atoms with E-state index in [2.05, 4.69) is 21.0 Å². The van der Waals surface area contributed by atoms with E-state index in [9.17, 15) is 31.1 Å². The minimum Gasteiger partial charge on any atom is -0.488 e. The van der Waals surface area contributed by atoms with Crippen molar-refractivity contribution in [3.05, 3.63) is 98.5 Å². The average Bonchev–Trinajstić information content (AvgIpc) is 3.09. The molecule has 11 heteroatoms. The van der Waals surface area contributed by atoms with Crippen molar-refractivity contribution >= 4 is 39.3 Å². The number of hydrogen-bond acceptors (Lipinski definition) is 3. The molecule has 1 aliphatic rings. The third kappa shape index (κ3) is 4.68. The Kier molecular flexibility index (Phi) is 6.70. The Morgan fingerprint density at radius 2 is 1.60 bits per heavy atom.